The van der Waals surface area contributed by atoms with E-state index in [1.807, 2.05) is 11.3 Å². The molecule has 1 N–H and O–H groups in total. The number of thiophene rings is 1. The van der Waals surface area contributed by atoms with Crippen molar-refractivity contribution in [1.29, 1.82) is 0 Å². The van der Waals surface area contributed by atoms with Crippen molar-refractivity contribution in [2.45, 2.75) is 46.6 Å². The lowest BCUT2D eigenvalue weighted by Gasteiger charge is -2.26. The average molecular weight is 280 g/mol. The van der Waals surface area contributed by atoms with Crippen LogP contribution in [0.4, 0.5) is 0 Å². The third-order valence-electron chi connectivity index (χ3n) is 4.72. The minimum atomic E-state index is 0.616. The van der Waals surface area contributed by atoms with Gasteiger partial charge in [-0.2, -0.15) is 0 Å². The Morgan fingerprint density at radius 3 is 2.68 bits per heavy atom. The first-order chi connectivity index (χ1) is 9.17. The summed E-state index contributed by atoms with van der Waals surface area (Å²) < 4.78 is 0. The Labute approximate surface area is 122 Å². The van der Waals surface area contributed by atoms with Gasteiger partial charge in [0.1, 0.15) is 0 Å². The minimum Gasteiger partial charge on any atom is -0.311 e. The van der Waals surface area contributed by atoms with Gasteiger partial charge in [-0.05, 0) is 50.3 Å². The molecule has 1 aliphatic rings. The quantitative estimate of drug-likeness (QED) is 0.767. The maximum Gasteiger partial charge on any atom is 0.0300 e. The smallest absolute Gasteiger partial charge is 0.0300 e. The highest BCUT2D eigenvalue weighted by molar-refractivity contribution is 7.11. The molecule has 2 nitrogen and oxygen atoms in total. The topological polar surface area (TPSA) is 15.3 Å². The fraction of sp³-hybridized carbons (Fsp3) is 0.750. The summed E-state index contributed by atoms with van der Waals surface area (Å²) in [6.45, 7) is 12.8. The Balaban J connectivity index is 1.64. The highest BCUT2D eigenvalue weighted by Crippen LogP contribution is 2.36. The summed E-state index contributed by atoms with van der Waals surface area (Å²) in [5, 5.41) is 3.57. The molecule has 1 saturated heterocycles. The number of nitrogens with one attached hydrogen (secondary N) is 1. The Morgan fingerprint density at radius 1 is 1.32 bits per heavy atom. The van der Waals surface area contributed by atoms with Crippen molar-refractivity contribution in [3.8, 4) is 0 Å². The van der Waals surface area contributed by atoms with Gasteiger partial charge in [0.05, 0.1) is 0 Å². The number of likely N-dealkylation sites (tertiary alicyclic amines) is 1. The lowest BCUT2D eigenvalue weighted by molar-refractivity contribution is 0.240. The van der Waals surface area contributed by atoms with E-state index in [1.165, 1.54) is 48.7 Å². The molecule has 0 unspecified atom stereocenters. The van der Waals surface area contributed by atoms with E-state index in [9.17, 15) is 0 Å². The molecular formula is C16H28N2S. The Kier molecular flexibility index (Phi) is 5.43. The van der Waals surface area contributed by atoms with Gasteiger partial charge >= 0.3 is 0 Å². The standard InChI is InChI=1S/C16H28N2S/c1-4-16(5-2)8-10-18(13-16)11-9-17-12-15-7-6-14(3)19-15/h6-7,17H,4-5,8-13H2,1-3H3. The number of nitrogens with zero attached hydrogens (tertiary/aromatic N) is 1. The van der Waals surface area contributed by atoms with E-state index in [4.69, 9.17) is 0 Å². The van der Waals surface area contributed by atoms with Crippen LogP contribution in [0, 0.1) is 12.3 Å². The summed E-state index contributed by atoms with van der Waals surface area (Å²) in [5.41, 5.74) is 0.616. The molecule has 1 fully saturated rings. The predicted octanol–water partition coefficient (Wildman–Crippen LogP) is 3.66. The van der Waals surface area contributed by atoms with Crippen LogP contribution in [0.5, 0.6) is 0 Å². The zero-order valence-corrected chi connectivity index (χ0v) is 13.5. The molecule has 3 heteroatoms. The lowest BCUT2D eigenvalue weighted by Crippen LogP contribution is -2.32. The zero-order valence-electron chi connectivity index (χ0n) is 12.7. The zero-order chi connectivity index (χ0) is 13.7. The van der Waals surface area contributed by atoms with Crippen LogP contribution >= 0.6 is 11.3 Å². The molecule has 0 amide bonds. The SMILES string of the molecule is CCC1(CC)CCN(CCNCc2ccc(C)s2)C1. The fourth-order valence-corrected chi connectivity index (χ4v) is 3.93. The molecule has 0 bridgehead atoms. The summed E-state index contributed by atoms with van der Waals surface area (Å²) in [6.07, 6.45) is 4.06. The maximum atomic E-state index is 3.57. The summed E-state index contributed by atoms with van der Waals surface area (Å²) >= 11 is 1.90. The molecular weight excluding hydrogens is 252 g/mol. The van der Waals surface area contributed by atoms with Crippen molar-refractivity contribution in [3.05, 3.63) is 21.9 Å². The van der Waals surface area contributed by atoms with Gasteiger partial charge in [0.15, 0.2) is 0 Å². The Morgan fingerprint density at radius 2 is 2.11 bits per heavy atom. The molecule has 2 heterocycles. The molecule has 1 aliphatic heterocycles. The number of aryl methyl sites for hydroxylation is 1. The fourth-order valence-electron chi connectivity index (χ4n) is 3.07. The van der Waals surface area contributed by atoms with Crippen LogP contribution in [-0.4, -0.2) is 31.1 Å². The van der Waals surface area contributed by atoms with Gasteiger partial charge in [0.25, 0.3) is 0 Å². The molecule has 2 rings (SSSR count). The van der Waals surface area contributed by atoms with Crippen LogP contribution in [0.1, 0.15) is 42.9 Å². The van der Waals surface area contributed by atoms with Crippen LogP contribution < -0.4 is 5.32 Å². The minimum absolute atomic E-state index is 0.616. The molecule has 1 aromatic rings. The highest BCUT2D eigenvalue weighted by atomic mass is 32.1. The second-order valence-corrected chi connectivity index (χ2v) is 7.29. The van der Waals surface area contributed by atoms with Crippen LogP contribution in [0.15, 0.2) is 12.1 Å². The molecule has 0 radical (unpaired) electrons. The second-order valence-electron chi connectivity index (χ2n) is 5.92. The van der Waals surface area contributed by atoms with Gasteiger partial charge in [-0.1, -0.05) is 13.8 Å². The number of hydrogen-bond donors (Lipinski definition) is 1. The van der Waals surface area contributed by atoms with Crippen molar-refractivity contribution in [3.63, 3.8) is 0 Å². The average Bonchev–Trinajstić information content (AvgIpc) is 3.02. The summed E-state index contributed by atoms with van der Waals surface area (Å²) in [6, 6.07) is 4.45. The van der Waals surface area contributed by atoms with Gasteiger partial charge in [0.2, 0.25) is 0 Å². The molecule has 0 aromatic carbocycles. The van der Waals surface area contributed by atoms with Gasteiger partial charge in [-0.15, -0.1) is 11.3 Å². The van der Waals surface area contributed by atoms with E-state index < -0.39 is 0 Å². The molecule has 0 saturated carbocycles. The first-order valence-electron chi connectivity index (χ1n) is 7.66. The van der Waals surface area contributed by atoms with E-state index in [1.54, 1.807) is 0 Å². The van der Waals surface area contributed by atoms with Crippen molar-refractivity contribution in [2.24, 2.45) is 5.41 Å². The van der Waals surface area contributed by atoms with Gasteiger partial charge in [-0.3, -0.25) is 0 Å². The van der Waals surface area contributed by atoms with E-state index in [0.717, 1.165) is 13.1 Å². The van der Waals surface area contributed by atoms with Crippen molar-refractivity contribution in [2.75, 3.05) is 26.2 Å². The van der Waals surface area contributed by atoms with Crippen molar-refractivity contribution < 1.29 is 0 Å². The molecule has 0 atom stereocenters. The van der Waals surface area contributed by atoms with Gasteiger partial charge in [0, 0.05) is 35.9 Å². The second kappa shape index (κ2) is 6.87. The highest BCUT2D eigenvalue weighted by Gasteiger charge is 2.34. The molecule has 0 aliphatic carbocycles. The van der Waals surface area contributed by atoms with Crippen LogP contribution in [-0.2, 0) is 6.54 Å². The van der Waals surface area contributed by atoms with Gasteiger partial charge in [-0.25, -0.2) is 0 Å². The van der Waals surface area contributed by atoms with E-state index in [0.29, 0.717) is 5.41 Å². The number of rotatable bonds is 7. The maximum absolute atomic E-state index is 3.57. The monoisotopic (exact) mass is 280 g/mol. The van der Waals surface area contributed by atoms with E-state index in [-0.39, 0.29) is 0 Å². The van der Waals surface area contributed by atoms with E-state index in [2.05, 4.69) is 43.1 Å². The van der Waals surface area contributed by atoms with Crippen molar-refractivity contribution in [1.82, 2.24) is 10.2 Å². The normalized spacial score (nSPS) is 19.1. The summed E-state index contributed by atoms with van der Waals surface area (Å²) in [7, 11) is 0. The van der Waals surface area contributed by atoms with Crippen LogP contribution in [0.2, 0.25) is 0 Å². The predicted molar refractivity (Wildman–Crippen MR) is 84.8 cm³/mol. The Hall–Kier alpha value is -0.380. The summed E-state index contributed by atoms with van der Waals surface area (Å²) in [5.74, 6) is 0. The molecule has 1 aromatic heterocycles. The van der Waals surface area contributed by atoms with E-state index >= 15 is 0 Å². The summed E-state index contributed by atoms with van der Waals surface area (Å²) in [4.78, 5) is 5.50. The number of hydrogen-bond acceptors (Lipinski definition) is 3. The largest absolute Gasteiger partial charge is 0.311 e. The van der Waals surface area contributed by atoms with Crippen LogP contribution in [0.3, 0.4) is 0 Å². The van der Waals surface area contributed by atoms with Crippen molar-refractivity contribution >= 4 is 11.3 Å². The third kappa shape index (κ3) is 4.04. The molecule has 0 spiro atoms. The molecule has 108 valence electrons. The Bertz CT molecular complexity index is 382. The third-order valence-corrected chi connectivity index (χ3v) is 5.72. The van der Waals surface area contributed by atoms with Crippen LogP contribution in [0.25, 0.3) is 0 Å². The first-order valence-corrected chi connectivity index (χ1v) is 8.47. The van der Waals surface area contributed by atoms with Gasteiger partial charge < -0.3 is 10.2 Å². The molecule has 19 heavy (non-hydrogen) atoms. The first kappa shape index (κ1) is 15.0. The lowest BCUT2D eigenvalue weighted by atomic mass is 9.82.